The van der Waals surface area contributed by atoms with E-state index in [0.29, 0.717) is 11.3 Å². The second-order valence-corrected chi connectivity index (χ2v) is 7.48. The maximum atomic E-state index is 12.4. The lowest BCUT2D eigenvalue weighted by Gasteiger charge is -2.24. The van der Waals surface area contributed by atoms with Crippen molar-refractivity contribution in [2.75, 3.05) is 0 Å². The zero-order valence-electron chi connectivity index (χ0n) is 14.6. The molecule has 1 aliphatic rings. The second kappa shape index (κ2) is 5.55. The quantitative estimate of drug-likeness (QED) is 0.926. The minimum absolute atomic E-state index is 0.0501. The van der Waals surface area contributed by atoms with Crippen molar-refractivity contribution < 1.29 is 9.21 Å². The summed E-state index contributed by atoms with van der Waals surface area (Å²) in [6.45, 7) is 11.0. The van der Waals surface area contributed by atoms with Gasteiger partial charge in [0.2, 0.25) is 0 Å². The summed E-state index contributed by atoms with van der Waals surface area (Å²) in [6, 6.07) is 1.93. The number of aromatic nitrogens is 2. The number of imidazole rings is 1. The van der Waals surface area contributed by atoms with Gasteiger partial charge < -0.3 is 14.3 Å². The molecule has 124 valence electrons. The number of hydrogen-bond acceptors (Lipinski definition) is 3. The van der Waals surface area contributed by atoms with Crippen molar-refractivity contribution in [2.24, 2.45) is 0 Å². The standard InChI is InChI=1S/C18H25N3O2/c1-11-8-14(12(2)23-11)17(22)19-13-6-7-16-20-15(18(3,4)5)10-21(16)9-13/h8,10,13H,6-7,9H2,1-5H3,(H,19,22). The van der Waals surface area contributed by atoms with Gasteiger partial charge in [-0.15, -0.1) is 0 Å². The van der Waals surface area contributed by atoms with E-state index >= 15 is 0 Å². The zero-order chi connectivity index (χ0) is 16.8. The molecule has 2 aromatic rings. The third kappa shape index (κ3) is 3.19. The largest absolute Gasteiger partial charge is 0.466 e. The Balaban J connectivity index is 1.71. The predicted octanol–water partition coefficient (Wildman–Crippen LogP) is 3.14. The highest BCUT2D eigenvalue weighted by molar-refractivity contribution is 5.95. The van der Waals surface area contributed by atoms with Gasteiger partial charge in [0, 0.05) is 30.6 Å². The Morgan fingerprint density at radius 1 is 1.39 bits per heavy atom. The number of carbonyl (C=O) groups excluding carboxylic acids is 1. The van der Waals surface area contributed by atoms with Crippen LogP contribution in [-0.4, -0.2) is 21.5 Å². The van der Waals surface area contributed by atoms with E-state index in [1.54, 1.807) is 6.07 Å². The molecule has 0 bridgehead atoms. The molecule has 3 heterocycles. The monoisotopic (exact) mass is 315 g/mol. The first-order valence-electron chi connectivity index (χ1n) is 8.18. The van der Waals surface area contributed by atoms with Crippen LogP contribution in [0.1, 0.15) is 60.6 Å². The summed E-state index contributed by atoms with van der Waals surface area (Å²) in [4.78, 5) is 17.2. The van der Waals surface area contributed by atoms with Crippen LogP contribution >= 0.6 is 0 Å². The number of carbonyl (C=O) groups is 1. The Bertz CT molecular complexity index is 734. The molecule has 0 aromatic carbocycles. The van der Waals surface area contributed by atoms with Crippen LogP contribution in [0, 0.1) is 13.8 Å². The molecule has 0 fully saturated rings. The van der Waals surface area contributed by atoms with Gasteiger partial charge in [-0.2, -0.15) is 0 Å². The summed E-state index contributed by atoms with van der Waals surface area (Å²) >= 11 is 0. The van der Waals surface area contributed by atoms with Gasteiger partial charge >= 0.3 is 0 Å². The van der Waals surface area contributed by atoms with Gasteiger partial charge in [-0.05, 0) is 26.3 Å². The predicted molar refractivity (Wildman–Crippen MR) is 88.7 cm³/mol. The Hall–Kier alpha value is -2.04. The molecule has 1 aliphatic heterocycles. The van der Waals surface area contributed by atoms with Crippen molar-refractivity contribution >= 4 is 5.91 Å². The topological polar surface area (TPSA) is 60.1 Å². The molecule has 1 unspecified atom stereocenters. The first-order valence-corrected chi connectivity index (χ1v) is 8.18. The lowest BCUT2D eigenvalue weighted by molar-refractivity contribution is 0.0926. The number of fused-ring (bicyclic) bond motifs is 1. The van der Waals surface area contributed by atoms with E-state index in [1.165, 1.54) is 0 Å². The SMILES string of the molecule is Cc1cc(C(=O)NC2CCc3nc(C(C)(C)C)cn3C2)c(C)o1. The average Bonchev–Trinajstić information content (AvgIpc) is 3.01. The lowest BCUT2D eigenvalue weighted by atomic mass is 9.93. The Kier molecular flexibility index (Phi) is 3.82. The van der Waals surface area contributed by atoms with Crippen LogP contribution in [0.5, 0.6) is 0 Å². The molecule has 0 radical (unpaired) electrons. The highest BCUT2D eigenvalue weighted by Gasteiger charge is 2.26. The van der Waals surface area contributed by atoms with Gasteiger partial charge in [-0.1, -0.05) is 20.8 Å². The smallest absolute Gasteiger partial charge is 0.255 e. The summed E-state index contributed by atoms with van der Waals surface area (Å²) in [6.07, 6.45) is 3.94. The van der Waals surface area contributed by atoms with E-state index in [-0.39, 0.29) is 17.4 Å². The fraction of sp³-hybridized carbons (Fsp3) is 0.556. The molecule has 0 spiro atoms. The molecule has 0 aliphatic carbocycles. The van der Waals surface area contributed by atoms with Crippen molar-refractivity contribution in [1.29, 1.82) is 0 Å². The van der Waals surface area contributed by atoms with E-state index in [1.807, 2.05) is 13.8 Å². The maximum absolute atomic E-state index is 12.4. The average molecular weight is 315 g/mol. The molecule has 2 aromatic heterocycles. The van der Waals surface area contributed by atoms with Gasteiger partial charge in [0.15, 0.2) is 0 Å². The number of nitrogens with zero attached hydrogens (tertiary/aromatic N) is 2. The number of rotatable bonds is 2. The number of amides is 1. The summed E-state index contributed by atoms with van der Waals surface area (Å²) in [7, 11) is 0. The van der Waals surface area contributed by atoms with Gasteiger partial charge in [-0.25, -0.2) is 4.98 Å². The normalized spacial score (nSPS) is 17.9. The fourth-order valence-electron chi connectivity index (χ4n) is 3.04. The first-order chi connectivity index (χ1) is 10.7. The highest BCUT2D eigenvalue weighted by atomic mass is 16.3. The van der Waals surface area contributed by atoms with E-state index < -0.39 is 0 Å². The molecule has 3 rings (SSSR count). The Morgan fingerprint density at radius 3 is 2.74 bits per heavy atom. The van der Waals surface area contributed by atoms with Gasteiger partial charge in [-0.3, -0.25) is 4.79 Å². The number of nitrogens with one attached hydrogen (secondary N) is 1. The molecular weight excluding hydrogens is 290 g/mol. The third-order valence-electron chi connectivity index (χ3n) is 4.38. The fourth-order valence-corrected chi connectivity index (χ4v) is 3.04. The molecule has 0 saturated heterocycles. The van der Waals surface area contributed by atoms with Crippen molar-refractivity contribution in [3.8, 4) is 0 Å². The van der Waals surface area contributed by atoms with Crippen LogP contribution in [0.3, 0.4) is 0 Å². The molecule has 23 heavy (non-hydrogen) atoms. The maximum Gasteiger partial charge on any atom is 0.255 e. The van der Waals surface area contributed by atoms with Crippen LogP contribution in [0.25, 0.3) is 0 Å². The second-order valence-electron chi connectivity index (χ2n) is 7.48. The minimum atomic E-state index is -0.0519. The summed E-state index contributed by atoms with van der Waals surface area (Å²) < 4.78 is 7.63. The number of hydrogen-bond donors (Lipinski definition) is 1. The zero-order valence-corrected chi connectivity index (χ0v) is 14.6. The van der Waals surface area contributed by atoms with E-state index in [0.717, 1.165) is 36.7 Å². The highest BCUT2D eigenvalue weighted by Crippen LogP contribution is 2.24. The van der Waals surface area contributed by atoms with E-state index in [2.05, 4.69) is 36.9 Å². The van der Waals surface area contributed by atoms with Gasteiger partial charge in [0.25, 0.3) is 5.91 Å². The Labute approximate surface area is 137 Å². The molecule has 5 heteroatoms. The molecule has 0 saturated carbocycles. The van der Waals surface area contributed by atoms with Crippen molar-refractivity contribution in [3.05, 3.63) is 40.9 Å². The third-order valence-corrected chi connectivity index (χ3v) is 4.38. The van der Waals surface area contributed by atoms with E-state index in [4.69, 9.17) is 9.40 Å². The molecule has 5 nitrogen and oxygen atoms in total. The molecule has 1 N–H and O–H groups in total. The number of aryl methyl sites for hydroxylation is 3. The number of furan rings is 1. The van der Waals surface area contributed by atoms with E-state index in [9.17, 15) is 4.79 Å². The van der Waals surface area contributed by atoms with Crippen LogP contribution < -0.4 is 5.32 Å². The van der Waals surface area contributed by atoms with Gasteiger partial charge in [0.05, 0.1) is 11.3 Å². The van der Waals surface area contributed by atoms with Crippen LogP contribution in [0.2, 0.25) is 0 Å². The van der Waals surface area contributed by atoms with Crippen molar-refractivity contribution in [3.63, 3.8) is 0 Å². The van der Waals surface area contributed by atoms with Crippen LogP contribution in [0.15, 0.2) is 16.7 Å². The summed E-state index contributed by atoms with van der Waals surface area (Å²) in [5.74, 6) is 2.51. The van der Waals surface area contributed by atoms with Crippen molar-refractivity contribution in [2.45, 2.75) is 65.5 Å². The first kappa shape index (κ1) is 15.8. The Morgan fingerprint density at radius 2 is 2.13 bits per heavy atom. The molecular formula is C18H25N3O2. The summed E-state index contributed by atoms with van der Waals surface area (Å²) in [5.41, 5.74) is 1.80. The molecule has 1 atom stereocenters. The van der Waals surface area contributed by atoms with Crippen LogP contribution in [-0.2, 0) is 18.4 Å². The molecule has 1 amide bonds. The minimum Gasteiger partial charge on any atom is -0.466 e. The summed E-state index contributed by atoms with van der Waals surface area (Å²) in [5, 5.41) is 3.13. The van der Waals surface area contributed by atoms with Crippen LogP contribution in [0.4, 0.5) is 0 Å². The van der Waals surface area contributed by atoms with Gasteiger partial charge in [0.1, 0.15) is 17.3 Å². The van der Waals surface area contributed by atoms with Crippen molar-refractivity contribution in [1.82, 2.24) is 14.9 Å². The lowest BCUT2D eigenvalue weighted by Crippen LogP contribution is -2.41.